The van der Waals surface area contributed by atoms with Crippen molar-refractivity contribution >= 4 is 22.6 Å². The summed E-state index contributed by atoms with van der Waals surface area (Å²) < 4.78 is 15.3. The number of benzene rings is 1. The standard InChI is InChI=1S/C17H18FN3O4/c1-2-19-21-12(9-20-8-4-7-13(20)22)15(17(24)25)10-5-3-6-11(18)14(10)16(21)23/h3,5-6,19H,2,4,7-9H2,1H3,(H,24,25). The van der Waals surface area contributed by atoms with Crippen LogP contribution in [0.3, 0.4) is 0 Å². The minimum absolute atomic E-state index is 0.0187. The number of rotatable bonds is 5. The zero-order valence-electron chi connectivity index (χ0n) is 13.7. The molecule has 2 heterocycles. The molecular formula is C17H18FN3O4. The van der Waals surface area contributed by atoms with Crippen molar-refractivity contribution in [2.45, 2.75) is 26.3 Å². The van der Waals surface area contributed by atoms with Crippen LogP contribution in [0.4, 0.5) is 4.39 Å². The molecule has 0 atom stereocenters. The predicted octanol–water partition coefficient (Wildman–Crippen LogP) is 1.52. The quantitative estimate of drug-likeness (QED) is 0.856. The van der Waals surface area contributed by atoms with E-state index in [1.807, 2.05) is 0 Å². The van der Waals surface area contributed by atoms with E-state index in [-0.39, 0.29) is 34.5 Å². The molecule has 3 rings (SSSR count). The van der Waals surface area contributed by atoms with Gasteiger partial charge in [-0.15, -0.1) is 0 Å². The molecule has 1 amide bonds. The lowest BCUT2D eigenvalue weighted by molar-refractivity contribution is -0.128. The number of carboxylic acids is 1. The van der Waals surface area contributed by atoms with E-state index in [0.29, 0.717) is 25.9 Å². The molecule has 1 aromatic heterocycles. The number of fused-ring (bicyclic) bond motifs is 1. The SMILES string of the molecule is CCNn1c(CN2CCCC2=O)c(C(=O)O)c2cccc(F)c2c1=O. The van der Waals surface area contributed by atoms with Gasteiger partial charge < -0.3 is 15.4 Å². The van der Waals surface area contributed by atoms with Crippen molar-refractivity contribution in [2.24, 2.45) is 0 Å². The van der Waals surface area contributed by atoms with Gasteiger partial charge in [-0.2, -0.15) is 0 Å². The van der Waals surface area contributed by atoms with Gasteiger partial charge in [0.05, 0.1) is 23.2 Å². The summed E-state index contributed by atoms with van der Waals surface area (Å²) in [4.78, 5) is 38.1. The minimum atomic E-state index is -1.27. The first-order valence-electron chi connectivity index (χ1n) is 8.06. The molecule has 2 N–H and O–H groups in total. The van der Waals surface area contributed by atoms with Crippen LogP contribution in [-0.4, -0.2) is 39.6 Å². The van der Waals surface area contributed by atoms with Gasteiger partial charge >= 0.3 is 5.97 Å². The van der Waals surface area contributed by atoms with E-state index in [2.05, 4.69) is 5.43 Å². The number of nitrogens with zero attached hydrogens (tertiary/aromatic N) is 2. The van der Waals surface area contributed by atoms with E-state index in [4.69, 9.17) is 0 Å². The van der Waals surface area contributed by atoms with Gasteiger partial charge in [-0.3, -0.25) is 9.59 Å². The number of halogens is 1. The summed E-state index contributed by atoms with van der Waals surface area (Å²) >= 11 is 0. The third kappa shape index (κ3) is 2.84. The third-order valence-corrected chi connectivity index (χ3v) is 4.30. The molecule has 7 nitrogen and oxygen atoms in total. The molecule has 0 aliphatic carbocycles. The second-order valence-corrected chi connectivity index (χ2v) is 5.86. The first-order chi connectivity index (χ1) is 12.0. The minimum Gasteiger partial charge on any atom is -0.478 e. The van der Waals surface area contributed by atoms with E-state index >= 15 is 0 Å². The van der Waals surface area contributed by atoms with Crippen molar-refractivity contribution in [1.29, 1.82) is 0 Å². The van der Waals surface area contributed by atoms with Crippen LogP contribution in [0.15, 0.2) is 23.0 Å². The molecule has 0 radical (unpaired) electrons. The van der Waals surface area contributed by atoms with Crippen LogP contribution in [0, 0.1) is 5.82 Å². The van der Waals surface area contributed by atoms with Crippen LogP contribution in [0.1, 0.15) is 35.8 Å². The van der Waals surface area contributed by atoms with Crippen molar-refractivity contribution in [3.8, 4) is 0 Å². The molecule has 1 aliphatic heterocycles. The van der Waals surface area contributed by atoms with E-state index < -0.39 is 17.3 Å². The molecule has 1 aromatic carbocycles. The Hall–Kier alpha value is -2.90. The van der Waals surface area contributed by atoms with Crippen LogP contribution in [0.5, 0.6) is 0 Å². The number of carboxylic acid groups (broad SMARTS) is 1. The van der Waals surface area contributed by atoms with Crippen molar-refractivity contribution in [2.75, 3.05) is 18.5 Å². The number of aromatic carboxylic acids is 1. The summed E-state index contributed by atoms with van der Waals surface area (Å²) in [5, 5.41) is 9.46. The lowest BCUT2D eigenvalue weighted by atomic mass is 10.0. The fourth-order valence-corrected chi connectivity index (χ4v) is 3.22. The Kier molecular flexibility index (Phi) is 4.43. The maximum Gasteiger partial charge on any atom is 0.338 e. The van der Waals surface area contributed by atoms with Gasteiger partial charge in [-0.1, -0.05) is 12.1 Å². The zero-order chi connectivity index (χ0) is 18.1. The number of nitrogens with one attached hydrogen (secondary N) is 1. The highest BCUT2D eigenvalue weighted by molar-refractivity contribution is 6.04. The molecule has 1 aliphatic rings. The molecule has 0 unspecified atom stereocenters. The van der Waals surface area contributed by atoms with Crippen LogP contribution in [-0.2, 0) is 11.3 Å². The first-order valence-corrected chi connectivity index (χ1v) is 8.06. The summed E-state index contributed by atoms with van der Waals surface area (Å²) in [6.07, 6.45) is 1.09. The molecule has 1 fully saturated rings. The molecule has 1 saturated heterocycles. The number of likely N-dealkylation sites (tertiary alicyclic amines) is 1. The maximum absolute atomic E-state index is 14.2. The van der Waals surface area contributed by atoms with Gasteiger partial charge in [-0.25, -0.2) is 13.9 Å². The van der Waals surface area contributed by atoms with Gasteiger partial charge in [0.1, 0.15) is 5.82 Å². The average Bonchev–Trinajstić information content (AvgIpc) is 2.96. The van der Waals surface area contributed by atoms with Crippen LogP contribution < -0.4 is 11.0 Å². The molecule has 2 aromatic rings. The summed E-state index contributed by atoms with van der Waals surface area (Å²) in [5.41, 5.74) is 2.09. The maximum atomic E-state index is 14.2. The second-order valence-electron chi connectivity index (χ2n) is 5.86. The fourth-order valence-electron chi connectivity index (χ4n) is 3.22. The number of aromatic nitrogens is 1. The molecule has 132 valence electrons. The topological polar surface area (TPSA) is 91.6 Å². The molecule has 8 heteroatoms. The van der Waals surface area contributed by atoms with Gasteiger partial charge in [0.15, 0.2) is 0 Å². The van der Waals surface area contributed by atoms with Crippen LogP contribution in [0.25, 0.3) is 10.8 Å². The van der Waals surface area contributed by atoms with Gasteiger partial charge in [0.2, 0.25) is 5.91 Å². The van der Waals surface area contributed by atoms with Crippen molar-refractivity contribution in [3.05, 3.63) is 45.6 Å². The summed E-state index contributed by atoms with van der Waals surface area (Å²) in [7, 11) is 0. The molecule has 0 spiro atoms. The second kappa shape index (κ2) is 6.54. The molecule has 0 bridgehead atoms. The molecule has 25 heavy (non-hydrogen) atoms. The normalized spacial score (nSPS) is 14.3. The monoisotopic (exact) mass is 347 g/mol. The Bertz CT molecular complexity index is 922. The number of pyridine rings is 1. The van der Waals surface area contributed by atoms with E-state index in [9.17, 15) is 23.9 Å². The summed E-state index contributed by atoms with van der Waals surface area (Å²) in [6.45, 7) is 2.55. The average molecular weight is 347 g/mol. The fraction of sp³-hybridized carbons (Fsp3) is 0.353. The summed E-state index contributed by atoms with van der Waals surface area (Å²) in [5.74, 6) is -2.14. The van der Waals surface area contributed by atoms with Crippen molar-refractivity contribution in [3.63, 3.8) is 0 Å². The van der Waals surface area contributed by atoms with E-state index in [1.165, 1.54) is 17.0 Å². The lowest BCUT2D eigenvalue weighted by Crippen LogP contribution is -2.37. The Morgan fingerprint density at radius 2 is 2.12 bits per heavy atom. The van der Waals surface area contributed by atoms with Crippen molar-refractivity contribution in [1.82, 2.24) is 9.58 Å². The summed E-state index contributed by atoms with van der Waals surface area (Å²) in [6, 6.07) is 3.90. The first kappa shape index (κ1) is 16.9. The van der Waals surface area contributed by atoms with Gasteiger partial charge in [-0.05, 0) is 19.4 Å². The van der Waals surface area contributed by atoms with Crippen molar-refractivity contribution < 1.29 is 19.1 Å². The Balaban J connectivity index is 2.33. The zero-order valence-corrected chi connectivity index (χ0v) is 13.7. The lowest BCUT2D eigenvalue weighted by Gasteiger charge is -2.22. The van der Waals surface area contributed by atoms with E-state index in [0.717, 1.165) is 10.7 Å². The number of amides is 1. The number of hydrogen-bond donors (Lipinski definition) is 2. The predicted molar refractivity (Wildman–Crippen MR) is 89.7 cm³/mol. The van der Waals surface area contributed by atoms with E-state index in [1.54, 1.807) is 6.92 Å². The van der Waals surface area contributed by atoms with Gasteiger partial charge in [0, 0.05) is 24.9 Å². The Morgan fingerprint density at radius 1 is 1.36 bits per heavy atom. The highest BCUT2D eigenvalue weighted by Gasteiger charge is 2.28. The number of hydrogen-bond acceptors (Lipinski definition) is 4. The highest BCUT2D eigenvalue weighted by atomic mass is 19.1. The molecule has 0 saturated carbocycles. The van der Waals surface area contributed by atoms with Crippen LogP contribution >= 0.6 is 0 Å². The largest absolute Gasteiger partial charge is 0.478 e. The smallest absolute Gasteiger partial charge is 0.338 e. The Labute approximate surface area is 142 Å². The van der Waals surface area contributed by atoms with Crippen LogP contribution in [0.2, 0.25) is 0 Å². The number of carbonyl (C=O) groups excluding carboxylic acids is 1. The van der Waals surface area contributed by atoms with Gasteiger partial charge in [0.25, 0.3) is 5.56 Å². The third-order valence-electron chi connectivity index (χ3n) is 4.30. The highest BCUT2D eigenvalue weighted by Crippen LogP contribution is 2.24. The number of carbonyl (C=O) groups is 2. The Morgan fingerprint density at radius 3 is 2.72 bits per heavy atom. The molecular weight excluding hydrogens is 329 g/mol.